The van der Waals surface area contributed by atoms with E-state index in [0.29, 0.717) is 11.9 Å². The van der Waals surface area contributed by atoms with Gasteiger partial charge < -0.3 is 19.7 Å². The lowest BCUT2D eigenvalue weighted by Gasteiger charge is -2.33. The molecule has 12 nitrogen and oxygen atoms in total. The van der Waals surface area contributed by atoms with E-state index in [0.717, 1.165) is 122 Å². The van der Waals surface area contributed by atoms with Gasteiger partial charge in [0.05, 0.1) is 36.8 Å². The van der Waals surface area contributed by atoms with Gasteiger partial charge in [-0.05, 0) is 92.5 Å². The van der Waals surface area contributed by atoms with Crippen LogP contribution in [0.2, 0.25) is 5.02 Å². The number of amides is 2. The number of ether oxygens (including phenoxy) is 2. The van der Waals surface area contributed by atoms with E-state index in [1.165, 1.54) is 6.42 Å². The minimum atomic E-state index is -0.292. The van der Waals surface area contributed by atoms with Crippen LogP contribution < -0.4 is 20.3 Å². The summed E-state index contributed by atoms with van der Waals surface area (Å²) in [6.45, 7) is 13.9. The lowest BCUT2D eigenvalue weighted by Crippen LogP contribution is -2.38. The first-order chi connectivity index (χ1) is 26.6. The van der Waals surface area contributed by atoms with Crippen LogP contribution in [0.4, 0.5) is 16.6 Å². The third-order valence-electron chi connectivity index (χ3n) is 11.2. The molecule has 3 aromatic heterocycles. The van der Waals surface area contributed by atoms with Crippen molar-refractivity contribution in [3.8, 4) is 11.4 Å². The smallest absolute Gasteiger partial charge is 0.320 e. The van der Waals surface area contributed by atoms with E-state index in [2.05, 4.69) is 76.5 Å². The number of pyridine rings is 1. The Morgan fingerprint density at radius 1 is 0.964 bits per heavy atom. The van der Waals surface area contributed by atoms with Crippen LogP contribution in [0.15, 0.2) is 66.9 Å². The molecule has 55 heavy (non-hydrogen) atoms. The van der Waals surface area contributed by atoms with Crippen molar-refractivity contribution in [3.63, 3.8) is 0 Å². The quantitative estimate of drug-likeness (QED) is 0.156. The van der Waals surface area contributed by atoms with Crippen molar-refractivity contribution in [2.45, 2.75) is 89.8 Å². The van der Waals surface area contributed by atoms with E-state index in [1.54, 1.807) is 0 Å². The molecule has 0 spiro atoms. The van der Waals surface area contributed by atoms with Gasteiger partial charge in [0.1, 0.15) is 17.7 Å². The van der Waals surface area contributed by atoms with Gasteiger partial charge >= 0.3 is 6.03 Å². The topological polar surface area (TPSA) is 114 Å². The fraction of sp³-hybridized carbons (Fsp3) is 0.476. The Balaban J connectivity index is 0.983. The molecule has 3 aliphatic rings. The Hall–Kier alpha value is -4.65. The van der Waals surface area contributed by atoms with Gasteiger partial charge in [-0.3, -0.25) is 14.6 Å². The highest BCUT2D eigenvalue weighted by atomic mass is 35.5. The zero-order valence-electron chi connectivity index (χ0n) is 32.3. The normalized spacial score (nSPS) is 20.7. The first-order valence-corrected chi connectivity index (χ1v) is 20.1. The Labute approximate surface area is 328 Å². The number of morpholine rings is 1. The summed E-state index contributed by atoms with van der Waals surface area (Å²) in [4.78, 5) is 18.6. The van der Waals surface area contributed by atoms with Gasteiger partial charge in [-0.2, -0.15) is 5.10 Å². The minimum absolute atomic E-state index is 0.165. The number of urea groups is 1. The molecule has 2 aliphatic heterocycles. The summed E-state index contributed by atoms with van der Waals surface area (Å²) in [5.41, 5.74) is 5.45. The number of benzene rings is 2. The van der Waals surface area contributed by atoms with Gasteiger partial charge in [-0.15, -0.1) is 10.2 Å². The zero-order chi connectivity index (χ0) is 38.1. The highest BCUT2D eigenvalue weighted by Crippen LogP contribution is 2.39. The summed E-state index contributed by atoms with van der Waals surface area (Å²) in [5, 5.41) is 21.1. The molecule has 290 valence electrons. The standard InChI is InChI=1S/C42H52ClN9O3/c1-28-9-7-8-19-50(28)41-47-46-38-17-13-31(27-51(38)41)55-36-16-15-35(32-10-5-6-11-33(32)36)44-40(53)45-39-26-37(42(2,3)4)48-52(39)30-12-14-34(43)29(25-30)18-20-49-21-23-54-24-22-49/h5-6,10-14,17,25-28,35-36H,7-9,15-16,18-24H2,1-4H3,(H2,44,45,53)/t28-,35-,36+/m0/s1. The first-order valence-electron chi connectivity index (χ1n) is 19.7. The first kappa shape index (κ1) is 37.3. The molecular formula is C42H52ClN9O3. The van der Waals surface area contributed by atoms with Crippen LogP contribution in [0.5, 0.6) is 5.75 Å². The number of piperidine rings is 1. The molecule has 5 aromatic rings. The summed E-state index contributed by atoms with van der Waals surface area (Å²) in [7, 11) is 0. The Kier molecular flexibility index (Phi) is 10.7. The number of aromatic nitrogens is 5. The maximum atomic E-state index is 13.8. The van der Waals surface area contributed by atoms with Crippen molar-refractivity contribution < 1.29 is 14.3 Å². The van der Waals surface area contributed by atoms with Gasteiger partial charge in [-0.25, -0.2) is 9.48 Å². The molecule has 2 aromatic carbocycles. The molecule has 0 unspecified atom stereocenters. The molecule has 0 bridgehead atoms. The third kappa shape index (κ3) is 8.17. The number of hydrogen-bond donors (Lipinski definition) is 2. The number of nitrogens with one attached hydrogen (secondary N) is 2. The monoisotopic (exact) mass is 765 g/mol. The average molecular weight is 766 g/mol. The highest BCUT2D eigenvalue weighted by molar-refractivity contribution is 6.31. The summed E-state index contributed by atoms with van der Waals surface area (Å²) >= 11 is 6.70. The number of hydrogen-bond acceptors (Lipinski definition) is 8. The second-order valence-electron chi connectivity index (χ2n) is 16.2. The molecule has 1 aliphatic carbocycles. The minimum Gasteiger partial charge on any atom is -0.484 e. The molecule has 2 saturated heterocycles. The van der Waals surface area contributed by atoms with Gasteiger partial charge in [0.2, 0.25) is 5.95 Å². The lowest BCUT2D eigenvalue weighted by atomic mass is 9.85. The Bertz CT molecular complexity index is 2140. The highest BCUT2D eigenvalue weighted by Gasteiger charge is 2.31. The number of carbonyl (C=O) groups excluding carboxylic acids is 1. The predicted octanol–water partition coefficient (Wildman–Crippen LogP) is 7.90. The van der Waals surface area contributed by atoms with Crippen LogP contribution in [0.1, 0.15) is 94.3 Å². The second-order valence-corrected chi connectivity index (χ2v) is 16.6. The van der Waals surface area contributed by atoms with Gasteiger partial charge in [0.15, 0.2) is 5.65 Å². The average Bonchev–Trinajstić information content (AvgIpc) is 3.81. The number of halogens is 1. The van der Waals surface area contributed by atoms with Crippen molar-refractivity contribution in [1.29, 1.82) is 0 Å². The molecule has 8 rings (SSSR count). The van der Waals surface area contributed by atoms with Gasteiger partial charge in [0, 0.05) is 48.7 Å². The van der Waals surface area contributed by atoms with E-state index >= 15 is 0 Å². The zero-order valence-corrected chi connectivity index (χ0v) is 33.1. The third-order valence-corrected chi connectivity index (χ3v) is 11.6. The fourth-order valence-corrected chi connectivity index (χ4v) is 8.25. The van der Waals surface area contributed by atoms with Crippen LogP contribution in [-0.2, 0) is 16.6 Å². The maximum absolute atomic E-state index is 13.8. The summed E-state index contributed by atoms with van der Waals surface area (Å²) in [6.07, 6.45) is 7.66. The van der Waals surface area contributed by atoms with E-state index in [1.807, 2.05) is 57.7 Å². The molecule has 2 N–H and O–H groups in total. The summed E-state index contributed by atoms with van der Waals surface area (Å²) < 4.78 is 16.1. The maximum Gasteiger partial charge on any atom is 0.320 e. The molecule has 0 radical (unpaired) electrons. The molecule has 13 heteroatoms. The number of carbonyl (C=O) groups is 1. The van der Waals surface area contributed by atoms with E-state index < -0.39 is 0 Å². The van der Waals surface area contributed by atoms with Gasteiger partial charge in [-0.1, -0.05) is 56.6 Å². The Morgan fingerprint density at radius 3 is 2.58 bits per heavy atom. The molecule has 3 atom stereocenters. The lowest BCUT2D eigenvalue weighted by molar-refractivity contribution is 0.0384. The molecule has 2 amide bonds. The van der Waals surface area contributed by atoms with Crippen molar-refractivity contribution in [2.75, 3.05) is 49.6 Å². The summed E-state index contributed by atoms with van der Waals surface area (Å²) in [6, 6.07) is 20.0. The van der Waals surface area contributed by atoms with E-state index in [9.17, 15) is 4.79 Å². The van der Waals surface area contributed by atoms with Gasteiger partial charge in [0.25, 0.3) is 0 Å². The summed E-state index contributed by atoms with van der Waals surface area (Å²) in [5.74, 6) is 2.22. The van der Waals surface area contributed by atoms with Crippen molar-refractivity contribution in [1.82, 2.24) is 34.6 Å². The molecule has 2 fully saturated rings. The number of nitrogens with zero attached hydrogens (tertiary/aromatic N) is 7. The molecule has 0 saturated carbocycles. The number of anilines is 2. The largest absolute Gasteiger partial charge is 0.484 e. The fourth-order valence-electron chi connectivity index (χ4n) is 8.04. The van der Waals surface area contributed by atoms with E-state index in [4.69, 9.17) is 26.2 Å². The van der Waals surface area contributed by atoms with Crippen molar-refractivity contribution in [3.05, 3.63) is 94.3 Å². The van der Waals surface area contributed by atoms with Crippen LogP contribution in [0.25, 0.3) is 11.3 Å². The van der Waals surface area contributed by atoms with Crippen LogP contribution in [0.3, 0.4) is 0 Å². The van der Waals surface area contributed by atoms with Crippen molar-refractivity contribution >= 4 is 35.0 Å². The Morgan fingerprint density at radius 2 is 1.78 bits per heavy atom. The van der Waals surface area contributed by atoms with Crippen LogP contribution in [0, 0.1) is 0 Å². The van der Waals surface area contributed by atoms with Crippen molar-refractivity contribution in [2.24, 2.45) is 0 Å². The predicted molar refractivity (Wildman–Crippen MR) is 216 cm³/mol. The van der Waals surface area contributed by atoms with E-state index in [-0.39, 0.29) is 23.6 Å². The second kappa shape index (κ2) is 15.8. The van der Waals surface area contributed by atoms with Crippen LogP contribution in [-0.4, -0.2) is 80.7 Å². The van der Waals surface area contributed by atoms with Crippen LogP contribution >= 0.6 is 11.6 Å². The molecular weight excluding hydrogens is 714 g/mol. The SMILES string of the molecule is C[C@H]1CCCCN1c1nnc2ccc(O[C@@H]3CC[C@H](NC(=O)Nc4cc(C(C)(C)C)nn4-c4ccc(Cl)c(CCN5CCOCC5)c4)c4ccccc43)cn12. The number of fused-ring (bicyclic) bond motifs is 2. The number of rotatable bonds is 9. The molecule has 5 heterocycles.